The first-order valence-corrected chi connectivity index (χ1v) is 6.92. The Hall–Kier alpha value is -0.610. The molecule has 1 aromatic heterocycles. The molecule has 1 saturated carbocycles. The van der Waals surface area contributed by atoms with E-state index in [-0.39, 0.29) is 0 Å². The van der Waals surface area contributed by atoms with Gasteiger partial charge in [-0.25, -0.2) is 4.98 Å². The maximum absolute atomic E-state index is 4.50. The van der Waals surface area contributed by atoms with E-state index in [1.807, 2.05) is 6.20 Å². The second-order valence-corrected chi connectivity index (χ2v) is 5.67. The summed E-state index contributed by atoms with van der Waals surface area (Å²) >= 11 is 1.81. The van der Waals surface area contributed by atoms with Gasteiger partial charge < -0.3 is 10.2 Å². The lowest BCUT2D eigenvalue weighted by molar-refractivity contribution is 0.608. The maximum atomic E-state index is 4.50. The summed E-state index contributed by atoms with van der Waals surface area (Å²) in [5.41, 5.74) is 0. The molecule has 2 rings (SSSR count). The van der Waals surface area contributed by atoms with E-state index >= 15 is 0 Å². The highest BCUT2D eigenvalue weighted by Gasteiger charge is 2.31. The van der Waals surface area contributed by atoms with Gasteiger partial charge in [-0.1, -0.05) is 6.92 Å². The third kappa shape index (κ3) is 2.74. The number of hydrogen-bond acceptors (Lipinski definition) is 4. The molecule has 0 radical (unpaired) electrons. The lowest BCUT2D eigenvalue weighted by Gasteiger charge is -2.23. The zero-order valence-electron chi connectivity index (χ0n) is 10.4. The Morgan fingerprint density at radius 2 is 2.38 bits per heavy atom. The van der Waals surface area contributed by atoms with Crippen LogP contribution >= 0.6 is 11.3 Å². The highest BCUT2D eigenvalue weighted by Crippen LogP contribution is 2.37. The minimum Gasteiger partial charge on any atom is -0.348 e. The Morgan fingerprint density at radius 1 is 1.62 bits per heavy atom. The highest BCUT2D eigenvalue weighted by molar-refractivity contribution is 7.15. The lowest BCUT2D eigenvalue weighted by Crippen LogP contribution is -2.30. The van der Waals surface area contributed by atoms with E-state index < -0.39 is 0 Å². The number of anilines is 1. The molecule has 1 aromatic rings. The molecule has 4 heteroatoms. The molecular weight excluding hydrogens is 218 g/mol. The van der Waals surface area contributed by atoms with Crippen LogP contribution in [-0.4, -0.2) is 24.6 Å². The SMILES string of the molecule is CCNCc1cnc(N(C)C(C)C2CC2)s1. The van der Waals surface area contributed by atoms with Crippen molar-refractivity contribution in [3.05, 3.63) is 11.1 Å². The predicted molar refractivity (Wildman–Crippen MR) is 70.1 cm³/mol. The quantitative estimate of drug-likeness (QED) is 0.826. The molecule has 1 aliphatic carbocycles. The summed E-state index contributed by atoms with van der Waals surface area (Å²) in [4.78, 5) is 8.16. The van der Waals surface area contributed by atoms with Crippen LogP contribution in [0.1, 0.15) is 31.6 Å². The van der Waals surface area contributed by atoms with Crippen LogP contribution in [0.3, 0.4) is 0 Å². The van der Waals surface area contributed by atoms with Crippen LogP contribution in [0.5, 0.6) is 0 Å². The van der Waals surface area contributed by atoms with Crippen molar-refractivity contribution in [1.29, 1.82) is 0 Å². The first kappa shape index (κ1) is 11.9. The van der Waals surface area contributed by atoms with Gasteiger partial charge in [0.05, 0.1) is 0 Å². The van der Waals surface area contributed by atoms with Crippen molar-refractivity contribution < 1.29 is 0 Å². The van der Waals surface area contributed by atoms with Crippen molar-refractivity contribution in [2.24, 2.45) is 5.92 Å². The molecule has 3 nitrogen and oxygen atoms in total. The van der Waals surface area contributed by atoms with Crippen LogP contribution in [0.25, 0.3) is 0 Å². The van der Waals surface area contributed by atoms with Gasteiger partial charge in [0.1, 0.15) is 0 Å². The fourth-order valence-corrected chi connectivity index (χ4v) is 2.79. The second-order valence-electron chi connectivity index (χ2n) is 4.58. The Bertz CT molecular complexity index is 333. The van der Waals surface area contributed by atoms with E-state index in [0.717, 1.165) is 24.1 Å². The molecule has 0 bridgehead atoms. The molecule has 1 N–H and O–H groups in total. The standard InChI is InChI=1S/C12H21N3S/c1-4-13-7-11-8-14-12(16-11)15(3)9(2)10-5-6-10/h8-10,13H,4-7H2,1-3H3. The maximum Gasteiger partial charge on any atom is 0.185 e. The zero-order valence-corrected chi connectivity index (χ0v) is 11.2. The molecule has 0 aliphatic heterocycles. The van der Waals surface area contributed by atoms with Crippen molar-refractivity contribution in [3.63, 3.8) is 0 Å². The lowest BCUT2D eigenvalue weighted by atomic mass is 10.2. The summed E-state index contributed by atoms with van der Waals surface area (Å²) in [6.45, 7) is 6.40. The summed E-state index contributed by atoms with van der Waals surface area (Å²) < 4.78 is 0. The zero-order chi connectivity index (χ0) is 11.5. The van der Waals surface area contributed by atoms with Crippen LogP contribution in [0, 0.1) is 5.92 Å². The van der Waals surface area contributed by atoms with Crippen molar-refractivity contribution in [1.82, 2.24) is 10.3 Å². The van der Waals surface area contributed by atoms with Crippen LogP contribution in [0.4, 0.5) is 5.13 Å². The molecule has 0 aromatic carbocycles. The monoisotopic (exact) mass is 239 g/mol. The first-order chi connectivity index (χ1) is 7.72. The predicted octanol–water partition coefficient (Wildman–Crippen LogP) is 2.49. The van der Waals surface area contributed by atoms with Crippen molar-refractivity contribution in [2.45, 2.75) is 39.3 Å². The van der Waals surface area contributed by atoms with Gasteiger partial charge in [0.25, 0.3) is 0 Å². The summed E-state index contributed by atoms with van der Waals surface area (Å²) in [5, 5.41) is 4.49. The van der Waals surface area contributed by atoms with Gasteiger partial charge in [-0.15, -0.1) is 11.3 Å². The van der Waals surface area contributed by atoms with Gasteiger partial charge >= 0.3 is 0 Å². The summed E-state index contributed by atoms with van der Waals surface area (Å²) in [7, 11) is 2.17. The van der Waals surface area contributed by atoms with E-state index in [1.165, 1.54) is 17.7 Å². The van der Waals surface area contributed by atoms with Gasteiger partial charge in [0.2, 0.25) is 0 Å². The number of thiazole rings is 1. The van der Waals surface area contributed by atoms with Crippen molar-refractivity contribution in [3.8, 4) is 0 Å². The third-order valence-electron chi connectivity index (χ3n) is 3.31. The normalized spacial score (nSPS) is 17.4. The van der Waals surface area contributed by atoms with E-state index in [9.17, 15) is 0 Å². The Balaban J connectivity index is 1.94. The Labute approximate surface area is 102 Å². The fourth-order valence-electron chi connectivity index (χ4n) is 1.86. The van der Waals surface area contributed by atoms with Gasteiger partial charge in [-0.05, 0) is 32.2 Å². The molecule has 16 heavy (non-hydrogen) atoms. The molecule has 90 valence electrons. The van der Waals surface area contributed by atoms with Crippen molar-refractivity contribution in [2.75, 3.05) is 18.5 Å². The average molecular weight is 239 g/mol. The van der Waals surface area contributed by atoms with Gasteiger partial charge in [-0.3, -0.25) is 0 Å². The molecule has 1 atom stereocenters. The van der Waals surface area contributed by atoms with E-state index in [4.69, 9.17) is 0 Å². The topological polar surface area (TPSA) is 28.2 Å². The van der Waals surface area contributed by atoms with E-state index in [0.29, 0.717) is 6.04 Å². The molecule has 0 spiro atoms. The number of nitrogens with zero attached hydrogens (tertiary/aromatic N) is 2. The molecule has 0 amide bonds. The molecular formula is C12H21N3S. The average Bonchev–Trinajstić information content (AvgIpc) is 3.04. The Kier molecular flexibility index (Phi) is 3.82. The number of nitrogens with one attached hydrogen (secondary N) is 1. The van der Waals surface area contributed by atoms with Crippen LogP contribution in [0.15, 0.2) is 6.20 Å². The van der Waals surface area contributed by atoms with E-state index in [1.54, 1.807) is 11.3 Å². The number of aromatic nitrogens is 1. The molecule has 1 fully saturated rings. The molecule has 0 saturated heterocycles. The molecule has 1 heterocycles. The Morgan fingerprint density at radius 3 is 3.00 bits per heavy atom. The first-order valence-electron chi connectivity index (χ1n) is 6.10. The largest absolute Gasteiger partial charge is 0.348 e. The van der Waals surface area contributed by atoms with Gasteiger partial charge in [-0.2, -0.15) is 0 Å². The number of rotatable bonds is 6. The van der Waals surface area contributed by atoms with E-state index in [2.05, 4.69) is 36.1 Å². The van der Waals surface area contributed by atoms with Crippen LogP contribution in [0.2, 0.25) is 0 Å². The van der Waals surface area contributed by atoms with Gasteiger partial charge in [0.15, 0.2) is 5.13 Å². The molecule has 1 unspecified atom stereocenters. The smallest absolute Gasteiger partial charge is 0.185 e. The van der Waals surface area contributed by atoms with Crippen molar-refractivity contribution >= 4 is 16.5 Å². The number of hydrogen-bond donors (Lipinski definition) is 1. The second kappa shape index (κ2) is 5.15. The molecule has 1 aliphatic rings. The van der Waals surface area contributed by atoms with Crippen LogP contribution in [-0.2, 0) is 6.54 Å². The van der Waals surface area contributed by atoms with Crippen LogP contribution < -0.4 is 10.2 Å². The highest BCUT2D eigenvalue weighted by atomic mass is 32.1. The minimum absolute atomic E-state index is 0.637. The summed E-state index contributed by atoms with van der Waals surface area (Å²) in [5.74, 6) is 0.895. The third-order valence-corrected chi connectivity index (χ3v) is 4.40. The van der Waals surface area contributed by atoms with Gasteiger partial charge in [0, 0.05) is 30.7 Å². The summed E-state index contributed by atoms with van der Waals surface area (Å²) in [6, 6.07) is 0.637. The minimum atomic E-state index is 0.637. The fraction of sp³-hybridized carbons (Fsp3) is 0.750. The summed E-state index contributed by atoms with van der Waals surface area (Å²) in [6.07, 6.45) is 4.78.